The molecule has 3 aliphatic rings. The largest absolute Gasteiger partial charge is 0.454 e. The van der Waals surface area contributed by atoms with Gasteiger partial charge in [-0.1, -0.05) is 39.5 Å². The second-order valence-electron chi connectivity index (χ2n) is 6.92. The van der Waals surface area contributed by atoms with E-state index in [1.165, 1.54) is 31.4 Å². The molecule has 0 amide bonds. The van der Waals surface area contributed by atoms with Crippen molar-refractivity contribution in [2.24, 2.45) is 29.1 Å². The van der Waals surface area contributed by atoms with Gasteiger partial charge in [0.15, 0.2) is 0 Å². The van der Waals surface area contributed by atoms with E-state index in [2.05, 4.69) is 20.8 Å². The number of fused-ring (bicyclic) bond motifs is 3. The lowest BCUT2D eigenvalue weighted by atomic mass is 9.57. The zero-order valence-corrected chi connectivity index (χ0v) is 11.7. The fraction of sp³-hybridized carbons (Fsp3) is 0.933. The Morgan fingerprint density at radius 3 is 2.75 bits per heavy atom. The number of hydrogen-bond acceptors (Lipinski definition) is 1. The predicted molar refractivity (Wildman–Crippen MR) is 72.8 cm³/mol. The van der Waals surface area contributed by atoms with Gasteiger partial charge in [-0.2, -0.15) is 0 Å². The van der Waals surface area contributed by atoms with Crippen molar-refractivity contribution in [3.8, 4) is 5.69 Å². The van der Waals surface area contributed by atoms with E-state index >= 15 is 0 Å². The van der Waals surface area contributed by atoms with Crippen LogP contribution in [0.25, 0.3) is 0 Å². The van der Waals surface area contributed by atoms with E-state index in [0.717, 1.165) is 28.9 Å². The molecule has 16 heavy (non-hydrogen) atoms. The maximum atomic E-state index is 6.34. The first-order valence-corrected chi connectivity index (χ1v) is 8.49. The molecule has 3 fully saturated rings. The van der Waals surface area contributed by atoms with Crippen LogP contribution < -0.4 is 0 Å². The molecule has 1 heteroatoms. The Kier molecular flexibility index (Phi) is 2.50. The topological polar surface area (TPSA) is 0 Å². The van der Waals surface area contributed by atoms with E-state index in [0.29, 0.717) is 5.41 Å². The van der Waals surface area contributed by atoms with Gasteiger partial charge < -0.3 is 16.0 Å². The van der Waals surface area contributed by atoms with Gasteiger partial charge in [-0.25, -0.2) is 0 Å². The van der Waals surface area contributed by atoms with Crippen LogP contribution in [0.5, 0.6) is 0 Å². The van der Waals surface area contributed by atoms with Crippen LogP contribution in [0.2, 0.25) is 0 Å². The molecule has 0 aromatic heterocycles. The van der Waals surface area contributed by atoms with Crippen molar-refractivity contribution in [1.82, 2.24) is 0 Å². The molecular formula is C15H25S-. The number of hydrogen-bond donors (Lipinski definition) is 0. The van der Waals surface area contributed by atoms with Crippen molar-refractivity contribution in [3.63, 3.8) is 0 Å². The zero-order chi connectivity index (χ0) is 11.5. The molecule has 1 heterocycles. The lowest BCUT2D eigenvalue weighted by molar-refractivity contribution is 0.0146. The standard InChI is InChI=1S/C15H25S/c1-10-5-6-15(3)7-8-16(4)13-9-12(13)14(15)11(10)2/h4,10-14H,5-9H2,1-3H3/q-1. The molecule has 0 nitrogen and oxygen atoms in total. The highest BCUT2D eigenvalue weighted by Crippen LogP contribution is 2.60. The Balaban J connectivity index is 1.93. The summed E-state index contributed by atoms with van der Waals surface area (Å²) >= 11 is 0. The van der Waals surface area contributed by atoms with Crippen molar-refractivity contribution < 1.29 is 0 Å². The van der Waals surface area contributed by atoms with Gasteiger partial charge in [0.2, 0.25) is 0 Å². The summed E-state index contributed by atoms with van der Waals surface area (Å²) in [6.07, 6.45) is 5.77. The molecule has 1 saturated heterocycles. The fourth-order valence-corrected chi connectivity index (χ4v) is 6.68. The Morgan fingerprint density at radius 1 is 1.25 bits per heavy atom. The molecule has 1 aliphatic heterocycles. The van der Waals surface area contributed by atoms with Crippen LogP contribution in [0.1, 0.15) is 46.5 Å². The average molecular weight is 237 g/mol. The normalized spacial score (nSPS) is 57.2. The smallest absolute Gasteiger partial charge is 0.0310 e. The van der Waals surface area contributed by atoms with E-state index in [4.69, 9.17) is 5.69 Å². The third-order valence-electron chi connectivity index (χ3n) is 5.98. The van der Waals surface area contributed by atoms with Crippen molar-refractivity contribution in [1.29, 1.82) is 0 Å². The van der Waals surface area contributed by atoms with E-state index in [1.54, 1.807) is 0 Å². The lowest BCUT2D eigenvalue weighted by Gasteiger charge is -2.49. The Hall–Kier alpha value is 0.130. The van der Waals surface area contributed by atoms with Crippen LogP contribution >= 0.6 is 0 Å². The van der Waals surface area contributed by atoms with Crippen LogP contribution in [-0.2, 0) is 10.3 Å². The summed E-state index contributed by atoms with van der Waals surface area (Å²) in [5.74, 6) is 5.18. The molecule has 0 N–H and O–H groups in total. The van der Waals surface area contributed by atoms with Crippen molar-refractivity contribution >= 4 is 10.3 Å². The first kappa shape index (κ1) is 11.2. The summed E-state index contributed by atoms with van der Waals surface area (Å²) in [6, 6.07) is 0. The molecule has 0 bridgehead atoms. The molecule has 6 unspecified atom stereocenters. The molecule has 6 atom stereocenters. The van der Waals surface area contributed by atoms with Gasteiger partial charge in [0.1, 0.15) is 0 Å². The minimum Gasteiger partial charge on any atom is -0.454 e. The molecule has 0 radical (unpaired) electrons. The van der Waals surface area contributed by atoms with Crippen LogP contribution in [0.4, 0.5) is 0 Å². The van der Waals surface area contributed by atoms with Crippen LogP contribution in [0.15, 0.2) is 0 Å². The average Bonchev–Trinajstić information content (AvgIpc) is 3.01. The van der Waals surface area contributed by atoms with Gasteiger partial charge >= 0.3 is 0 Å². The molecule has 0 aromatic rings. The molecule has 92 valence electrons. The third-order valence-corrected chi connectivity index (χ3v) is 7.97. The second kappa shape index (κ2) is 3.56. The van der Waals surface area contributed by atoms with Gasteiger partial charge in [-0.05, 0) is 36.0 Å². The van der Waals surface area contributed by atoms with Crippen LogP contribution in [-0.4, -0.2) is 11.0 Å². The summed E-state index contributed by atoms with van der Waals surface area (Å²) in [5, 5.41) is 0.916. The first-order chi connectivity index (χ1) is 7.53. The molecule has 0 aromatic carbocycles. The summed E-state index contributed by atoms with van der Waals surface area (Å²) in [5.41, 5.74) is 6.97. The minimum absolute atomic E-state index is 0.253. The van der Waals surface area contributed by atoms with Gasteiger partial charge in [-0.3, -0.25) is 0 Å². The zero-order valence-electron chi connectivity index (χ0n) is 10.9. The highest BCUT2D eigenvalue weighted by molar-refractivity contribution is 7.87. The fourth-order valence-electron chi connectivity index (χ4n) is 4.59. The van der Waals surface area contributed by atoms with Crippen LogP contribution in [0.3, 0.4) is 0 Å². The Morgan fingerprint density at radius 2 is 2.00 bits per heavy atom. The number of rotatable bonds is 0. The van der Waals surface area contributed by atoms with Gasteiger partial charge in [0.05, 0.1) is 0 Å². The van der Waals surface area contributed by atoms with E-state index in [-0.39, 0.29) is 10.3 Å². The Bertz CT molecular complexity index is 363. The van der Waals surface area contributed by atoms with E-state index < -0.39 is 0 Å². The van der Waals surface area contributed by atoms with Crippen molar-refractivity contribution in [3.05, 3.63) is 0 Å². The summed E-state index contributed by atoms with van der Waals surface area (Å²) in [6.45, 7) is 7.55. The maximum Gasteiger partial charge on any atom is -0.0310 e. The van der Waals surface area contributed by atoms with Gasteiger partial charge in [0.25, 0.3) is 0 Å². The summed E-state index contributed by atoms with van der Waals surface area (Å²) < 4.78 is 0. The molecule has 2 saturated carbocycles. The molecule has 3 rings (SSSR count). The van der Waals surface area contributed by atoms with E-state index in [1.807, 2.05) is 0 Å². The minimum atomic E-state index is 0.253. The molecular weight excluding hydrogens is 212 g/mol. The molecule has 0 spiro atoms. The van der Waals surface area contributed by atoms with Gasteiger partial charge in [0, 0.05) is 0 Å². The van der Waals surface area contributed by atoms with Gasteiger partial charge in [-0.15, -0.1) is 11.0 Å². The molecule has 2 aliphatic carbocycles. The highest BCUT2D eigenvalue weighted by Gasteiger charge is 2.53. The van der Waals surface area contributed by atoms with E-state index in [9.17, 15) is 0 Å². The summed E-state index contributed by atoms with van der Waals surface area (Å²) in [7, 11) is 0.253. The Labute approximate surface area is 103 Å². The SMILES string of the molecule is C#[S-]1CCC2(C)CCC(C)C(C)C2C2CC21. The second-order valence-corrected chi connectivity index (χ2v) is 8.87. The third kappa shape index (κ3) is 1.51. The van der Waals surface area contributed by atoms with Crippen molar-refractivity contribution in [2.75, 3.05) is 5.75 Å². The quantitative estimate of drug-likeness (QED) is 0.564. The van der Waals surface area contributed by atoms with Crippen molar-refractivity contribution in [2.45, 2.75) is 51.7 Å². The predicted octanol–water partition coefficient (Wildman–Crippen LogP) is 3.67. The summed E-state index contributed by atoms with van der Waals surface area (Å²) in [4.78, 5) is 0. The monoisotopic (exact) mass is 237 g/mol. The lowest BCUT2D eigenvalue weighted by Crippen LogP contribution is -2.41. The van der Waals surface area contributed by atoms with Crippen LogP contribution in [0, 0.1) is 34.8 Å². The first-order valence-electron chi connectivity index (χ1n) is 6.97. The maximum absolute atomic E-state index is 6.34. The highest BCUT2D eigenvalue weighted by atomic mass is 32.2.